The zero-order valence-corrected chi connectivity index (χ0v) is 17.4. The number of benzene rings is 2. The van der Waals surface area contributed by atoms with Crippen molar-refractivity contribution in [2.45, 2.75) is 33.8 Å². The minimum atomic E-state index is -0.609. The van der Waals surface area contributed by atoms with Crippen LogP contribution in [-0.4, -0.2) is 31.7 Å². The Hall–Kier alpha value is -3.28. The maximum atomic E-state index is 12.0. The summed E-state index contributed by atoms with van der Waals surface area (Å²) in [7, 11) is 1.55. The molecule has 6 heteroatoms. The average Bonchev–Trinajstić information content (AvgIpc) is 2.68. The van der Waals surface area contributed by atoms with Gasteiger partial charge in [-0.05, 0) is 68.7 Å². The van der Waals surface area contributed by atoms with Gasteiger partial charge >= 0.3 is 5.97 Å². The van der Waals surface area contributed by atoms with E-state index in [4.69, 9.17) is 14.2 Å². The molecular weight excluding hydrogens is 370 g/mol. The molecule has 0 heterocycles. The molecule has 154 valence electrons. The molecule has 0 saturated heterocycles. The zero-order chi connectivity index (χ0) is 21.4. The van der Waals surface area contributed by atoms with Crippen LogP contribution >= 0.6 is 0 Å². The highest BCUT2D eigenvalue weighted by Crippen LogP contribution is 2.29. The highest BCUT2D eigenvalue weighted by atomic mass is 16.5. The van der Waals surface area contributed by atoms with Gasteiger partial charge in [0.15, 0.2) is 18.1 Å². The average molecular weight is 397 g/mol. The molecule has 0 aliphatic carbocycles. The summed E-state index contributed by atoms with van der Waals surface area (Å²) in [5.41, 5.74) is 3.42. The molecule has 0 bridgehead atoms. The predicted octanol–water partition coefficient (Wildman–Crippen LogP) is 4.29. The van der Waals surface area contributed by atoms with Gasteiger partial charge in [-0.25, -0.2) is 4.79 Å². The van der Waals surface area contributed by atoms with Crippen LogP contribution in [-0.2, 0) is 14.3 Å². The molecule has 0 fully saturated rings. The number of esters is 1. The van der Waals surface area contributed by atoms with Crippen LogP contribution < -0.4 is 14.8 Å². The first-order valence-corrected chi connectivity index (χ1v) is 9.35. The number of hydrogen-bond acceptors (Lipinski definition) is 5. The zero-order valence-electron chi connectivity index (χ0n) is 17.4. The molecule has 0 aromatic heterocycles. The maximum Gasteiger partial charge on any atom is 0.331 e. The summed E-state index contributed by atoms with van der Waals surface area (Å²) in [4.78, 5) is 23.9. The lowest BCUT2D eigenvalue weighted by molar-refractivity contribution is -0.142. The molecule has 2 rings (SSSR count). The van der Waals surface area contributed by atoms with E-state index in [1.54, 1.807) is 31.4 Å². The lowest BCUT2D eigenvalue weighted by Gasteiger charge is -2.13. The summed E-state index contributed by atoms with van der Waals surface area (Å²) < 4.78 is 16.0. The first kappa shape index (κ1) is 22.0. The second kappa shape index (κ2) is 10.3. The van der Waals surface area contributed by atoms with E-state index >= 15 is 0 Å². The summed E-state index contributed by atoms with van der Waals surface area (Å²) >= 11 is 0. The number of amides is 1. The highest BCUT2D eigenvalue weighted by molar-refractivity contribution is 5.95. The number of carbonyl (C=O) groups excluding carboxylic acids is 2. The minimum absolute atomic E-state index is 0.0232. The minimum Gasteiger partial charge on any atom is -0.493 e. The van der Waals surface area contributed by atoms with Crippen molar-refractivity contribution in [3.8, 4) is 11.5 Å². The third-order valence-corrected chi connectivity index (χ3v) is 3.97. The fraction of sp³-hybridized carbons (Fsp3) is 0.304. The van der Waals surface area contributed by atoms with Crippen molar-refractivity contribution in [2.75, 3.05) is 19.0 Å². The molecule has 0 spiro atoms. The van der Waals surface area contributed by atoms with Crippen molar-refractivity contribution in [2.24, 2.45) is 0 Å². The lowest BCUT2D eigenvalue weighted by Crippen LogP contribution is -2.20. The van der Waals surface area contributed by atoms with Gasteiger partial charge in [0.1, 0.15) is 0 Å². The summed E-state index contributed by atoms with van der Waals surface area (Å²) in [5, 5.41) is 2.75. The van der Waals surface area contributed by atoms with E-state index in [0.29, 0.717) is 17.2 Å². The Labute approximate surface area is 171 Å². The molecule has 2 aromatic rings. The van der Waals surface area contributed by atoms with Gasteiger partial charge in [0, 0.05) is 11.8 Å². The number of anilines is 1. The maximum absolute atomic E-state index is 12.0. The third-order valence-electron chi connectivity index (χ3n) is 3.97. The smallest absolute Gasteiger partial charge is 0.331 e. The Morgan fingerprint density at radius 2 is 1.83 bits per heavy atom. The molecular formula is C23H27NO5. The van der Waals surface area contributed by atoms with Crippen LogP contribution in [0.1, 0.15) is 30.5 Å². The molecule has 2 aromatic carbocycles. The number of ether oxygens (including phenoxy) is 3. The number of aryl methyl sites for hydroxylation is 2. The molecule has 0 unspecified atom stereocenters. The van der Waals surface area contributed by atoms with Crippen molar-refractivity contribution in [3.63, 3.8) is 0 Å². The van der Waals surface area contributed by atoms with Crippen LogP contribution in [0.5, 0.6) is 11.5 Å². The van der Waals surface area contributed by atoms with E-state index in [-0.39, 0.29) is 12.7 Å². The first-order valence-electron chi connectivity index (χ1n) is 9.35. The van der Waals surface area contributed by atoms with Gasteiger partial charge in [0.25, 0.3) is 5.91 Å². The van der Waals surface area contributed by atoms with Crippen molar-refractivity contribution in [1.82, 2.24) is 0 Å². The Bertz CT molecular complexity index is 902. The second-order valence-corrected chi connectivity index (χ2v) is 6.88. The molecule has 0 aliphatic heterocycles. The van der Waals surface area contributed by atoms with Crippen LogP contribution in [0.3, 0.4) is 0 Å². The van der Waals surface area contributed by atoms with Gasteiger partial charge in [0.2, 0.25) is 0 Å². The van der Waals surface area contributed by atoms with Crippen LogP contribution in [0.4, 0.5) is 5.69 Å². The van der Waals surface area contributed by atoms with Gasteiger partial charge in [-0.15, -0.1) is 0 Å². The molecule has 0 atom stereocenters. The quantitative estimate of drug-likeness (QED) is 0.531. The fourth-order valence-electron chi connectivity index (χ4n) is 2.54. The predicted molar refractivity (Wildman–Crippen MR) is 113 cm³/mol. The summed E-state index contributed by atoms with van der Waals surface area (Å²) in [6.45, 7) is 7.34. The second-order valence-electron chi connectivity index (χ2n) is 6.88. The Morgan fingerprint density at radius 3 is 2.52 bits per heavy atom. The largest absolute Gasteiger partial charge is 0.493 e. The number of rotatable bonds is 8. The van der Waals surface area contributed by atoms with Crippen molar-refractivity contribution in [1.29, 1.82) is 0 Å². The van der Waals surface area contributed by atoms with Gasteiger partial charge < -0.3 is 19.5 Å². The Kier molecular flexibility index (Phi) is 7.83. The number of carbonyl (C=O) groups is 2. The Balaban J connectivity index is 1.90. The van der Waals surface area contributed by atoms with Gasteiger partial charge in [0.05, 0.1) is 13.2 Å². The standard InChI is InChI=1S/C23H27NO5/c1-15(2)29-20-10-8-18(13-21(20)27-5)9-11-23(26)28-14-22(25)24-19-12-16(3)6-7-17(19)4/h6-13,15H,14H2,1-5H3,(H,24,25)/b11-9+. The van der Waals surface area contributed by atoms with E-state index in [1.807, 2.05) is 45.9 Å². The lowest BCUT2D eigenvalue weighted by atomic mass is 10.1. The summed E-state index contributed by atoms with van der Waals surface area (Å²) in [5.74, 6) is 0.201. The highest BCUT2D eigenvalue weighted by Gasteiger charge is 2.09. The van der Waals surface area contributed by atoms with E-state index in [1.165, 1.54) is 6.08 Å². The normalized spacial score (nSPS) is 10.8. The van der Waals surface area contributed by atoms with Crippen LogP contribution in [0.25, 0.3) is 6.08 Å². The molecule has 29 heavy (non-hydrogen) atoms. The molecule has 0 saturated carbocycles. The topological polar surface area (TPSA) is 73.9 Å². The van der Waals surface area contributed by atoms with Crippen molar-refractivity contribution < 1.29 is 23.8 Å². The number of hydrogen-bond donors (Lipinski definition) is 1. The van der Waals surface area contributed by atoms with E-state index < -0.39 is 11.9 Å². The number of methoxy groups -OCH3 is 1. The Morgan fingerprint density at radius 1 is 1.07 bits per heavy atom. The monoisotopic (exact) mass is 397 g/mol. The van der Waals surface area contributed by atoms with E-state index in [0.717, 1.165) is 16.7 Å². The molecule has 0 radical (unpaired) electrons. The van der Waals surface area contributed by atoms with Crippen LogP contribution in [0, 0.1) is 13.8 Å². The SMILES string of the molecule is COc1cc(/C=C/C(=O)OCC(=O)Nc2cc(C)ccc2C)ccc1OC(C)C. The molecule has 0 aliphatic rings. The summed E-state index contributed by atoms with van der Waals surface area (Å²) in [6.07, 6.45) is 2.88. The summed E-state index contributed by atoms with van der Waals surface area (Å²) in [6, 6.07) is 11.1. The van der Waals surface area contributed by atoms with Gasteiger partial charge in [-0.2, -0.15) is 0 Å². The molecule has 1 amide bonds. The van der Waals surface area contributed by atoms with E-state index in [9.17, 15) is 9.59 Å². The van der Waals surface area contributed by atoms with Gasteiger partial charge in [-0.1, -0.05) is 18.2 Å². The van der Waals surface area contributed by atoms with Crippen molar-refractivity contribution in [3.05, 3.63) is 59.2 Å². The van der Waals surface area contributed by atoms with Gasteiger partial charge in [-0.3, -0.25) is 4.79 Å². The third kappa shape index (κ3) is 6.99. The van der Waals surface area contributed by atoms with Crippen LogP contribution in [0.2, 0.25) is 0 Å². The van der Waals surface area contributed by atoms with E-state index in [2.05, 4.69) is 5.32 Å². The van der Waals surface area contributed by atoms with Crippen LogP contribution in [0.15, 0.2) is 42.5 Å². The first-order chi connectivity index (χ1) is 13.8. The molecule has 6 nitrogen and oxygen atoms in total. The van der Waals surface area contributed by atoms with Crippen molar-refractivity contribution >= 4 is 23.6 Å². The fourth-order valence-corrected chi connectivity index (χ4v) is 2.54. The molecule has 1 N–H and O–H groups in total. The number of nitrogens with one attached hydrogen (secondary N) is 1.